The molecular weight excluding hydrogens is 353 g/mol. The normalized spacial score (nSPS) is 14.1. The maximum Gasteiger partial charge on any atom is 0.460 e. The first-order valence-electron chi connectivity index (χ1n) is 6.77. The molecule has 0 atom stereocenters. The molecule has 10 heteroatoms. The molecule has 1 rings (SSSR count). The van der Waals surface area contributed by atoms with E-state index in [4.69, 9.17) is 5.73 Å². The summed E-state index contributed by atoms with van der Waals surface area (Å²) in [4.78, 5) is 0. The summed E-state index contributed by atoms with van der Waals surface area (Å²) in [5, 5.41) is 0. The van der Waals surface area contributed by atoms with Crippen molar-refractivity contribution in [3.8, 4) is 0 Å². The van der Waals surface area contributed by atoms with Crippen LogP contribution in [0.4, 0.5) is 45.2 Å². The van der Waals surface area contributed by atoms with Gasteiger partial charge < -0.3 is 5.73 Å². The van der Waals surface area contributed by atoms with Crippen LogP contribution in [0.5, 0.6) is 0 Å². The molecule has 1 aromatic rings. The summed E-state index contributed by atoms with van der Waals surface area (Å²) in [6.45, 7) is 2.88. The lowest BCUT2D eigenvalue weighted by atomic mass is 9.91. The van der Waals surface area contributed by atoms with E-state index in [0.29, 0.717) is 12.1 Å². The summed E-state index contributed by atoms with van der Waals surface area (Å²) in [5.41, 5.74) is 3.89. The molecule has 0 aliphatic rings. The van der Waals surface area contributed by atoms with Crippen molar-refractivity contribution in [2.75, 3.05) is 5.73 Å². The first-order chi connectivity index (χ1) is 10.6. The van der Waals surface area contributed by atoms with Crippen LogP contribution in [0, 0.1) is 0 Å². The molecule has 1 nitrogen and oxygen atoms in total. The average molecular weight is 367 g/mol. The lowest BCUT2D eigenvalue weighted by Crippen LogP contribution is -2.59. The molecule has 0 spiro atoms. The second-order valence-electron chi connectivity index (χ2n) is 5.14. The molecule has 0 amide bonds. The van der Waals surface area contributed by atoms with Crippen molar-refractivity contribution in [1.29, 1.82) is 0 Å². The predicted octanol–water partition coefficient (Wildman–Crippen LogP) is 5.32. The molecule has 0 unspecified atom stereocenters. The fraction of sp³-hybridized carbons (Fsp3) is 0.571. The standard InChI is InChI=1S/C14H14F9N/c1-3-7-5-9(6-8(4-2)10(7)24)11(15,16)12(17,18)13(19,20)14(21,22)23/h5-6H,3-4,24H2,1-2H3. The third kappa shape index (κ3) is 2.90. The summed E-state index contributed by atoms with van der Waals surface area (Å²) < 4.78 is 117. The number of rotatable bonds is 5. The molecule has 0 bridgehead atoms. The van der Waals surface area contributed by atoms with Gasteiger partial charge in [0.05, 0.1) is 0 Å². The van der Waals surface area contributed by atoms with Crippen molar-refractivity contribution < 1.29 is 39.5 Å². The Hall–Kier alpha value is -1.61. The maximum absolute atomic E-state index is 14.0. The van der Waals surface area contributed by atoms with Gasteiger partial charge in [0.15, 0.2) is 0 Å². The van der Waals surface area contributed by atoms with Gasteiger partial charge in [-0.25, -0.2) is 0 Å². The monoisotopic (exact) mass is 367 g/mol. The van der Waals surface area contributed by atoms with Gasteiger partial charge in [-0.2, -0.15) is 39.5 Å². The van der Waals surface area contributed by atoms with E-state index in [1.807, 2.05) is 0 Å². The summed E-state index contributed by atoms with van der Waals surface area (Å²) >= 11 is 0. The first-order valence-corrected chi connectivity index (χ1v) is 6.77. The molecule has 0 aromatic heterocycles. The van der Waals surface area contributed by atoms with Gasteiger partial charge in [0.2, 0.25) is 0 Å². The molecular formula is C14H14F9N. The Balaban J connectivity index is 3.59. The number of aryl methyl sites for hydroxylation is 2. The Bertz CT molecular complexity index is 580. The minimum atomic E-state index is -6.91. The SMILES string of the molecule is CCc1cc(C(F)(F)C(F)(F)C(F)(F)C(F)(F)F)cc(CC)c1N. The Morgan fingerprint density at radius 1 is 0.750 bits per heavy atom. The van der Waals surface area contributed by atoms with Crippen LogP contribution in [0.15, 0.2) is 12.1 Å². The lowest BCUT2D eigenvalue weighted by Gasteiger charge is -2.34. The highest BCUT2D eigenvalue weighted by Crippen LogP contribution is 2.56. The van der Waals surface area contributed by atoms with E-state index in [9.17, 15) is 39.5 Å². The smallest absolute Gasteiger partial charge is 0.398 e. The maximum atomic E-state index is 14.0. The van der Waals surface area contributed by atoms with Crippen LogP contribution in [-0.4, -0.2) is 18.0 Å². The van der Waals surface area contributed by atoms with Crippen LogP contribution in [0.3, 0.4) is 0 Å². The molecule has 138 valence electrons. The van der Waals surface area contributed by atoms with Crippen LogP contribution in [0.25, 0.3) is 0 Å². The number of halogens is 9. The second-order valence-corrected chi connectivity index (χ2v) is 5.14. The topological polar surface area (TPSA) is 26.0 Å². The fourth-order valence-electron chi connectivity index (χ4n) is 2.10. The molecule has 2 N–H and O–H groups in total. The van der Waals surface area contributed by atoms with Gasteiger partial charge in [0, 0.05) is 11.3 Å². The summed E-state index contributed by atoms with van der Waals surface area (Å²) in [5.74, 6) is -19.3. The third-order valence-corrected chi connectivity index (χ3v) is 3.62. The Labute approximate surface area is 131 Å². The fourth-order valence-corrected chi connectivity index (χ4v) is 2.10. The minimum Gasteiger partial charge on any atom is -0.398 e. The zero-order chi connectivity index (χ0) is 19.1. The Kier molecular flexibility index (Phi) is 5.14. The van der Waals surface area contributed by atoms with Gasteiger partial charge >= 0.3 is 23.9 Å². The van der Waals surface area contributed by atoms with E-state index >= 15 is 0 Å². The number of hydrogen-bond donors (Lipinski definition) is 1. The van der Waals surface area contributed by atoms with E-state index in [2.05, 4.69) is 0 Å². The summed E-state index contributed by atoms with van der Waals surface area (Å²) in [7, 11) is 0. The molecule has 24 heavy (non-hydrogen) atoms. The highest BCUT2D eigenvalue weighted by atomic mass is 19.4. The zero-order valence-electron chi connectivity index (χ0n) is 12.5. The van der Waals surface area contributed by atoms with E-state index in [1.54, 1.807) is 0 Å². The van der Waals surface area contributed by atoms with Crippen LogP contribution in [-0.2, 0) is 18.8 Å². The highest BCUT2D eigenvalue weighted by Gasteiger charge is 2.82. The van der Waals surface area contributed by atoms with Crippen molar-refractivity contribution in [3.05, 3.63) is 28.8 Å². The highest BCUT2D eigenvalue weighted by molar-refractivity contribution is 5.56. The molecule has 0 fully saturated rings. The molecule has 0 aliphatic carbocycles. The van der Waals surface area contributed by atoms with Gasteiger partial charge in [0.25, 0.3) is 0 Å². The zero-order valence-corrected chi connectivity index (χ0v) is 12.5. The molecule has 1 aromatic carbocycles. The minimum absolute atomic E-state index is 0.00396. The molecule has 0 saturated carbocycles. The van der Waals surface area contributed by atoms with Gasteiger partial charge in [-0.15, -0.1) is 0 Å². The molecule has 0 aliphatic heterocycles. The average Bonchev–Trinajstić information content (AvgIpc) is 2.45. The van der Waals surface area contributed by atoms with Crippen molar-refractivity contribution in [2.45, 2.75) is 50.6 Å². The first kappa shape index (κ1) is 20.4. The number of anilines is 1. The summed E-state index contributed by atoms with van der Waals surface area (Å²) in [6, 6.07) is 0.851. The van der Waals surface area contributed by atoms with E-state index in [1.165, 1.54) is 13.8 Å². The Morgan fingerprint density at radius 3 is 1.42 bits per heavy atom. The quantitative estimate of drug-likeness (QED) is 0.553. The Morgan fingerprint density at radius 2 is 1.12 bits per heavy atom. The van der Waals surface area contributed by atoms with Crippen LogP contribution in [0.2, 0.25) is 0 Å². The van der Waals surface area contributed by atoms with Crippen LogP contribution >= 0.6 is 0 Å². The molecule has 0 radical (unpaired) electrons. The number of hydrogen-bond acceptors (Lipinski definition) is 1. The van der Waals surface area contributed by atoms with Crippen molar-refractivity contribution in [3.63, 3.8) is 0 Å². The second kappa shape index (κ2) is 6.03. The van der Waals surface area contributed by atoms with E-state index in [0.717, 1.165) is 0 Å². The van der Waals surface area contributed by atoms with Crippen molar-refractivity contribution in [2.24, 2.45) is 0 Å². The largest absolute Gasteiger partial charge is 0.460 e. The van der Waals surface area contributed by atoms with Crippen LogP contribution < -0.4 is 5.73 Å². The van der Waals surface area contributed by atoms with E-state index < -0.39 is 29.5 Å². The van der Waals surface area contributed by atoms with Gasteiger partial charge in [-0.3, -0.25) is 0 Å². The van der Waals surface area contributed by atoms with Crippen molar-refractivity contribution in [1.82, 2.24) is 0 Å². The van der Waals surface area contributed by atoms with Crippen molar-refractivity contribution >= 4 is 5.69 Å². The molecule has 0 saturated heterocycles. The van der Waals surface area contributed by atoms with Gasteiger partial charge in [-0.1, -0.05) is 13.8 Å². The predicted molar refractivity (Wildman–Crippen MR) is 69.5 cm³/mol. The molecule has 0 heterocycles. The summed E-state index contributed by atoms with van der Waals surface area (Å²) in [6.07, 6.45) is -6.83. The van der Waals surface area contributed by atoms with Gasteiger partial charge in [0.1, 0.15) is 0 Å². The number of nitrogens with two attached hydrogens (primary N) is 1. The number of nitrogen functional groups attached to an aromatic ring is 1. The third-order valence-electron chi connectivity index (χ3n) is 3.62. The van der Waals surface area contributed by atoms with Crippen LogP contribution in [0.1, 0.15) is 30.5 Å². The lowest BCUT2D eigenvalue weighted by molar-refractivity contribution is -0.399. The number of benzene rings is 1. The number of alkyl halides is 9. The van der Waals surface area contributed by atoms with Gasteiger partial charge in [-0.05, 0) is 36.1 Å². The van der Waals surface area contributed by atoms with E-state index in [-0.39, 0.29) is 29.7 Å².